The van der Waals surface area contributed by atoms with E-state index in [1.165, 1.54) is 28.2 Å². The Labute approximate surface area is 160 Å². The highest BCUT2D eigenvalue weighted by atomic mass is 79.9. The number of hydrogen-bond acceptors (Lipinski definition) is 3. The molecule has 0 saturated heterocycles. The molecule has 4 rings (SSSR count). The van der Waals surface area contributed by atoms with Crippen LogP contribution in [0.1, 0.15) is 12.8 Å². The summed E-state index contributed by atoms with van der Waals surface area (Å²) in [6.07, 6.45) is 4.68. The van der Waals surface area contributed by atoms with Crippen LogP contribution in [0.2, 0.25) is 0 Å². The molecular weight excluding hydrogens is 454 g/mol. The van der Waals surface area contributed by atoms with Crippen molar-refractivity contribution in [2.75, 3.05) is 0 Å². The minimum atomic E-state index is 0.793. The van der Waals surface area contributed by atoms with Crippen molar-refractivity contribution in [2.24, 2.45) is 0 Å². The molecule has 116 valence electrons. The first kappa shape index (κ1) is 15.9. The largest absolute Gasteiger partial charge is 0.244 e. The summed E-state index contributed by atoms with van der Waals surface area (Å²) in [5.41, 5.74) is 2.46. The van der Waals surface area contributed by atoms with Crippen molar-refractivity contribution in [1.82, 2.24) is 4.98 Å². The number of hydrogen-bond donors (Lipinski definition) is 0. The molecule has 0 atom stereocenters. The van der Waals surface area contributed by atoms with Crippen molar-refractivity contribution in [1.29, 1.82) is 0 Å². The maximum atomic E-state index is 4.63. The molecule has 5 heteroatoms. The van der Waals surface area contributed by atoms with E-state index in [0.29, 0.717) is 0 Å². The third-order valence-corrected chi connectivity index (χ3v) is 7.12. The van der Waals surface area contributed by atoms with Gasteiger partial charge < -0.3 is 0 Å². The number of thiazole rings is 1. The summed E-state index contributed by atoms with van der Waals surface area (Å²) in [4.78, 5) is 7.22. The van der Waals surface area contributed by atoms with E-state index in [-0.39, 0.29) is 0 Å². The van der Waals surface area contributed by atoms with Crippen molar-refractivity contribution < 1.29 is 0 Å². The monoisotopic (exact) mass is 465 g/mol. The molecule has 3 aromatic rings. The van der Waals surface area contributed by atoms with Crippen LogP contribution in [0.15, 0.2) is 62.5 Å². The Hall–Kier alpha value is -0.620. The predicted octanol–water partition coefficient (Wildman–Crippen LogP) is 7.26. The van der Waals surface area contributed by atoms with Crippen molar-refractivity contribution in [3.05, 3.63) is 57.6 Å². The normalized spacial score (nSPS) is 14.2. The molecule has 1 heterocycles. The summed E-state index contributed by atoms with van der Waals surface area (Å²) in [6, 6.07) is 14.9. The van der Waals surface area contributed by atoms with Gasteiger partial charge in [0.25, 0.3) is 0 Å². The first-order chi connectivity index (χ1) is 11.2. The van der Waals surface area contributed by atoms with Gasteiger partial charge in [-0.05, 0) is 37.1 Å². The lowest BCUT2D eigenvalue weighted by Gasteiger charge is -2.07. The van der Waals surface area contributed by atoms with E-state index >= 15 is 0 Å². The van der Waals surface area contributed by atoms with Crippen LogP contribution in [-0.2, 0) is 0 Å². The molecule has 1 saturated carbocycles. The fourth-order valence-corrected chi connectivity index (χ4v) is 5.32. The van der Waals surface area contributed by atoms with Crippen LogP contribution in [0.5, 0.6) is 0 Å². The van der Waals surface area contributed by atoms with Crippen LogP contribution in [-0.4, -0.2) is 10.2 Å². The number of halogens is 2. The van der Waals surface area contributed by atoms with Crippen LogP contribution in [0.3, 0.4) is 0 Å². The zero-order valence-corrected chi connectivity index (χ0v) is 16.9. The molecule has 1 fully saturated rings. The molecule has 0 aliphatic heterocycles. The van der Waals surface area contributed by atoms with Gasteiger partial charge in [0.05, 0.1) is 4.88 Å². The van der Waals surface area contributed by atoms with Gasteiger partial charge in [0.1, 0.15) is 5.01 Å². The van der Waals surface area contributed by atoms with Crippen molar-refractivity contribution in [3.63, 3.8) is 0 Å². The second-order valence-corrected chi connectivity index (χ2v) is 9.70. The summed E-state index contributed by atoms with van der Waals surface area (Å²) >= 11 is 10.8. The van der Waals surface area contributed by atoms with E-state index in [0.717, 1.165) is 24.8 Å². The van der Waals surface area contributed by atoms with Crippen LogP contribution in [0.25, 0.3) is 21.0 Å². The van der Waals surface area contributed by atoms with Crippen molar-refractivity contribution >= 4 is 55.0 Å². The molecule has 2 aromatic carbocycles. The summed E-state index contributed by atoms with van der Waals surface area (Å²) < 4.78 is 2.23. The third-order valence-electron chi connectivity index (χ3n) is 3.62. The second-order valence-electron chi connectivity index (χ2n) is 5.49. The van der Waals surface area contributed by atoms with E-state index in [2.05, 4.69) is 79.3 Å². The number of nitrogens with zero attached hydrogens (tertiary/aromatic N) is 1. The summed E-state index contributed by atoms with van der Waals surface area (Å²) in [5.74, 6) is 0. The lowest BCUT2D eigenvalue weighted by atomic mass is 10.2. The Morgan fingerprint density at radius 2 is 1.74 bits per heavy atom. The topological polar surface area (TPSA) is 12.9 Å². The first-order valence-electron chi connectivity index (χ1n) is 7.37. The molecule has 0 radical (unpaired) electrons. The fraction of sp³-hybridized carbons (Fsp3) is 0.167. The minimum absolute atomic E-state index is 0.793. The summed E-state index contributed by atoms with van der Waals surface area (Å²) in [7, 11) is 0. The quantitative estimate of drug-likeness (QED) is 0.401. The molecule has 0 bridgehead atoms. The van der Waals surface area contributed by atoms with Gasteiger partial charge in [0.15, 0.2) is 0 Å². The van der Waals surface area contributed by atoms with E-state index < -0.39 is 0 Å². The van der Waals surface area contributed by atoms with Gasteiger partial charge in [-0.2, -0.15) is 0 Å². The van der Waals surface area contributed by atoms with Gasteiger partial charge in [-0.1, -0.05) is 50.1 Å². The van der Waals surface area contributed by atoms with E-state index in [1.54, 1.807) is 11.3 Å². The van der Waals surface area contributed by atoms with Gasteiger partial charge in [-0.25, -0.2) is 4.98 Å². The van der Waals surface area contributed by atoms with Crippen LogP contribution in [0, 0.1) is 0 Å². The smallest absolute Gasteiger partial charge is 0.123 e. The average molecular weight is 467 g/mol. The molecule has 1 aromatic heterocycles. The van der Waals surface area contributed by atoms with Gasteiger partial charge in [-0.15, -0.1) is 23.1 Å². The Bertz CT molecular complexity index is 838. The average Bonchev–Trinajstić information content (AvgIpc) is 3.22. The van der Waals surface area contributed by atoms with E-state index in [4.69, 9.17) is 0 Å². The van der Waals surface area contributed by atoms with Crippen molar-refractivity contribution in [3.8, 4) is 21.0 Å². The Balaban J connectivity index is 1.69. The van der Waals surface area contributed by atoms with Crippen LogP contribution < -0.4 is 0 Å². The minimum Gasteiger partial charge on any atom is -0.244 e. The molecule has 23 heavy (non-hydrogen) atoms. The maximum Gasteiger partial charge on any atom is 0.123 e. The summed E-state index contributed by atoms with van der Waals surface area (Å²) in [5, 5.41) is 1.86. The van der Waals surface area contributed by atoms with Gasteiger partial charge in [0.2, 0.25) is 0 Å². The van der Waals surface area contributed by atoms with Crippen LogP contribution in [0.4, 0.5) is 0 Å². The summed E-state index contributed by atoms with van der Waals surface area (Å²) in [6.45, 7) is 0. The van der Waals surface area contributed by atoms with Gasteiger partial charge in [-0.3, -0.25) is 0 Å². The van der Waals surface area contributed by atoms with Gasteiger partial charge in [0, 0.05) is 36.4 Å². The SMILES string of the molecule is Brc1ccc(-c2ncc(-c3ccc(Br)cc3SC3CC3)s2)cc1. The second kappa shape index (κ2) is 6.71. The van der Waals surface area contributed by atoms with E-state index in [9.17, 15) is 0 Å². The number of aromatic nitrogens is 1. The zero-order chi connectivity index (χ0) is 15.8. The number of rotatable bonds is 4. The molecule has 0 unspecified atom stereocenters. The van der Waals surface area contributed by atoms with Crippen LogP contribution >= 0.6 is 55.0 Å². The standard InChI is InChI=1S/C18H13Br2NS2/c19-12-3-1-11(2-4-12)18-21-10-17(23-18)15-8-5-13(20)9-16(15)22-14-6-7-14/h1-5,8-10,14H,6-7H2. The van der Waals surface area contributed by atoms with Gasteiger partial charge >= 0.3 is 0 Å². The van der Waals surface area contributed by atoms with E-state index in [1.807, 2.05) is 18.0 Å². The predicted molar refractivity (Wildman–Crippen MR) is 107 cm³/mol. The lowest BCUT2D eigenvalue weighted by molar-refractivity contribution is 1.38. The number of benzene rings is 2. The Kier molecular flexibility index (Phi) is 4.63. The number of thioether (sulfide) groups is 1. The molecule has 0 amide bonds. The third kappa shape index (κ3) is 3.73. The lowest BCUT2D eigenvalue weighted by Crippen LogP contribution is -1.82. The zero-order valence-electron chi connectivity index (χ0n) is 12.1. The molecule has 1 aliphatic carbocycles. The molecular formula is C18H13Br2NS2. The Morgan fingerprint density at radius 1 is 1.00 bits per heavy atom. The highest BCUT2D eigenvalue weighted by molar-refractivity contribution is 9.10. The van der Waals surface area contributed by atoms with Crippen molar-refractivity contribution in [2.45, 2.75) is 23.0 Å². The highest BCUT2D eigenvalue weighted by Crippen LogP contribution is 2.45. The molecule has 0 spiro atoms. The fourth-order valence-electron chi connectivity index (χ4n) is 2.29. The molecule has 0 N–H and O–H groups in total. The first-order valence-corrected chi connectivity index (χ1v) is 10.7. The molecule has 1 aliphatic rings. The Morgan fingerprint density at radius 3 is 2.48 bits per heavy atom. The maximum absolute atomic E-state index is 4.63. The molecule has 1 nitrogen and oxygen atoms in total. The highest BCUT2D eigenvalue weighted by Gasteiger charge is 2.24.